The number of fused-ring (bicyclic) bond motifs is 1. The summed E-state index contributed by atoms with van der Waals surface area (Å²) < 4.78 is 37.0. The molecule has 2 aromatic rings. The van der Waals surface area contributed by atoms with Gasteiger partial charge in [0, 0.05) is 43.8 Å². The summed E-state index contributed by atoms with van der Waals surface area (Å²) in [6.07, 6.45) is -0.337. The molecule has 0 saturated heterocycles. The lowest BCUT2D eigenvalue weighted by Crippen LogP contribution is -2.42. The van der Waals surface area contributed by atoms with Gasteiger partial charge in [0.1, 0.15) is 0 Å². The molecule has 9 heteroatoms. The van der Waals surface area contributed by atoms with Gasteiger partial charge in [0.05, 0.1) is 6.54 Å². The van der Waals surface area contributed by atoms with Crippen molar-refractivity contribution < 1.29 is 13.2 Å². The van der Waals surface area contributed by atoms with Crippen molar-refractivity contribution in [3.8, 4) is 0 Å². The largest absolute Gasteiger partial charge is 0.401 e. The fraction of sp³-hybridized carbons (Fsp3) is 0.526. The van der Waals surface area contributed by atoms with Crippen LogP contribution in [-0.2, 0) is 12.8 Å². The average Bonchev–Trinajstić information content (AvgIpc) is 3.02. The maximum Gasteiger partial charge on any atom is 0.401 e. The summed E-state index contributed by atoms with van der Waals surface area (Å²) in [5.74, 6) is 0.587. The molecule has 5 nitrogen and oxygen atoms in total. The quantitative estimate of drug-likeness (QED) is 0.289. The number of rotatable bonds is 8. The molecule has 158 valence electrons. The van der Waals surface area contributed by atoms with Gasteiger partial charge in [0.25, 0.3) is 0 Å². The van der Waals surface area contributed by atoms with E-state index >= 15 is 0 Å². The average molecular weight is 511 g/mol. The molecule has 0 aliphatic carbocycles. The second kappa shape index (κ2) is 11.5. The van der Waals surface area contributed by atoms with E-state index in [0.29, 0.717) is 19.0 Å². The summed E-state index contributed by atoms with van der Waals surface area (Å²) in [6.45, 7) is 2.57. The van der Waals surface area contributed by atoms with Gasteiger partial charge >= 0.3 is 6.18 Å². The monoisotopic (exact) mass is 511 g/mol. The van der Waals surface area contributed by atoms with Crippen LogP contribution in [0, 0.1) is 0 Å². The standard InChI is InChI=1S/C19H28F3N5.HI/c1-4-14-6-5-7-16-15(12-26-17(14)16)8-9-24-18(23-2)25-10-11-27(3)13-19(20,21)22;/h5-7,12,26H,4,8-11,13H2,1-3H3,(H2,23,24,25);1H. The van der Waals surface area contributed by atoms with Gasteiger partial charge in [-0.3, -0.25) is 9.89 Å². The molecule has 0 spiro atoms. The Hall–Kier alpha value is -1.49. The second-order valence-corrected chi connectivity index (χ2v) is 6.54. The number of aryl methyl sites for hydroxylation is 1. The number of aromatic nitrogens is 1. The lowest BCUT2D eigenvalue weighted by Gasteiger charge is -2.19. The molecular weight excluding hydrogens is 482 g/mol. The lowest BCUT2D eigenvalue weighted by molar-refractivity contribution is -0.142. The highest BCUT2D eigenvalue weighted by Crippen LogP contribution is 2.22. The Balaban J connectivity index is 0.00000392. The number of hydrogen-bond acceptors (Lipinski definition) is 2. The number of H-pyrrole nitrogens is 1. The van der Waals surface area contributed by atoms with E-state index in [1.807, 2.05) is 6.20 Å². The van der Waals surface area contributed by atoms with E-state index in [4.69, 9.17) is 0 Å². The van der Waals surface area contributed by atoms with Crippen molar-refractivity contribution in [2.75, 3.05) is 40.3 Å². The second-order valence-electron chi connectivity index (χ2n) is 6.54. The Labute approximate surface area is 181 Å². The number of benzene rings is 1. The van der Waals surface area contributed by atoms with Gasteiger partial charge in [0.15, 0.2) is 5.96 Å². The van der Waals surface area contributed by atoms with Crippen molar-refractivity contribution >= 4 is 40.8 Å². The molecule has 1 heterocycles. The Bertz CT molecular complexity index is 758. The van der Waals surface area contributed by atoms with Gasteiger partial charge in [-0.05, 0) is 31.0 Å². The smallest absolute Gasteiger partial charge is 0.361 e. The summed E-state index contributed by atoms with van der Waals surface area (Å²) in [7, 11) is 3.10. The summed E-state index contributed by atoms with van der Waals surface area (Å²) in [6, 6.07) is 6.32. The third kappa shape index (κ3) is 7.50. The van der Waals surface area contributed by atoms with Crippen molar-refractivity contribution in [2.45, 2.75) is 25.9 Å². The molecular formula is C19H29F3IN5. The molecule has 0 atom stereocenters. The first-order chi connectivity index (χ1) is 12.8. The van der Waals surface area contributed by atoms with E-state index in [2.05, 4.69) is 45.7 Å². The molecule has 2 rings (SSSR count). The molecule has 0 amide bonds. The van der Waals surface area contributed by atoms with Crippen molar-refractivity contribution in [1.82, 2.24) is 20.5 Å². The molecule has 0 fully saturated rings. The van der Waals surface area contributed by atoms with E-state index in [1.54, 1.807) is 7.05 Å². The van der Waals surface area contributed by atoms with Crippen LogP contribution >= 0.6 is 24.0 Å². The first-order valence-electron chi connectivity index (χ1n) is 9.11. The van der Waals surface area contributed by atoms with Crippen LogP contribution in [0.2, 0.25) is 0 Å². The van der Waals surface area contributed by atoms with E-state index < -0.39 is 12.7 Å². The van der Waals surface area contributed by atoms with Crippen LogP contribution in [0.3, 0.4) is 0 Å². The molecule has 0 unspecified atom stereocenters. The van der Waals surface area contributed by atoms with Crippen molar-refractivity contribution in [1.29, 1.82) is 0 Å². The number of aliphatic imine (C=N–C) groups is 1. The maximum atomic E-state index is 12.3. The fourth-order valence-electron chi connectivity index (χ4n) is 3.06. The lowest BCUT2D eigenvalue weighted by atomic mass is 10.1. The molecule has 28 heavy (non-hydrogen) atoms. The zero-order valence-corrected chi connectivity index (χ0v) is 18.8. The predicted octanol–water partition coefficient (Wildman–Crippen LogP) is 3.55. The van der Waals surface area contributed by atoms with Gasteiger partial charge in [0.2, 0.25) is 0 Å². The zero-order chi connectivity index (χ0) is 19.9. The van der Waals surface area contributed by atoms with Gasteiger partial charge in [-0.25, -0.2) is 0 Å². The van der Waals surface area contributed by atoms with Crippen LogP contribution in [0.4, 0.5) is 13.2 Å². The van der Waals surface area contributed by atoms with Crippen LogP contribution in [0.1, 0.15) is 18.1 Å². The number of para-hydroxylation sites is 1. The summed E-state index contributed by atoms with van der Waals surface area (Å²) >= 11 is 0. The third-order valence-corrected chi connectivity index (χ3v) is 4.41. The third-order valence-electron chi connectivity index (χ3n) is 4.41. The highest BCUT2D eigenvalue weighted by molar-refractivity contribution is 14.0. The van der Waals surface area contributed by atoms with E-state index in [0.717, 1.165) is 12.8 Å². The maximum absolute atomic E-state index is 12.3. The number of alkyl halides is 3. The van der Waals surface area contributed by atoms with E-state index in [1.165, 1.54) is 34.0 Å². The normalized spacial score (nSPS) is 12.3. The Kier molecular flexibility index (Phi) is 10.1. The number of nitrogens with zero attached hydrogens (tertiary/aromatic N) is 2. The number of nitrogens with one attached hydrogen (secondary N) is 3. The van der Waals surface area contributed by atoms with Crippen LogP contribution < -0.4 is 10.6 Å². The molecule has 0 radical (unpaired) electrons. The van der Waals surface area contributed by atoms with Crippen LogP contribution in [-0.4, -0.2) is 62.3 Å². The minimum atomic E-state index is -4.17. The zero-order valence-electron chi connectivity index (χ0n) is 16.5. The Morgan fingerprint density at radius 3 is 2.54 bits per heavy atom. The SMILES string of the molecule is CCc1cccc2c(CCNC(=NC)NCCN(C)CC(F)(F)F)c[nH]c12.I. The van der Waals surface area contributed by atoms with E-state index in [9.17, 15) is 13.2 Å². The van der Waals surface area contributed by atoms with Crippen molar-refractivity contribution in [3.63, 3.8) is 0 Å². The molecule has 1 aromatic heterocycles. The first kappa shape index (κ1) is 24.5. The highest BCUT2D eigenvalue weighted by Gasteiger charge is 2.28. The molecule has 0 aliphatic rings. The minimum Gasteiger partial charge on any atom is -0.361 e. The Morgan fingerprint density at radius 2 is 1.89 bits per heavy atom. The van der Waals surface area contributed by atoms with Gasteiger partial charge in [-0.1, -0.05) is 25.1 Å². The fourth-order valence-corrected chi connectivity index (χ4v) is 3.06. The number of hydrogen-bond donors (Lipinski definition) is 3. The van der Waals surface area contributed by atoms with Crippen LogP contribution in [0.25, 0.3) is 10.9 Å². The predicted molar refractivity (Wildman–Crippen MR) is 120 cm³/mol. The number of likely N-dealkylation sites (N-methyl/N-ethyl adjacent to an activating group) is 1. The number of guanidine groups is 1. The molecule has 0 aliphatic heterocycles. The molecule has 3 N–H and O–H groups in total. The molecule has 0 bridgehead atoms. The first-order valence-corrected chi connectivity index (χ1v) is 9.11. The topological polar surface area (TPSA) is 55.5 Å². The Morgan fingerprint density at radius 1 is 1.18 bits per heavy atom. The van der Waals surface area contributed by atoms with Crippen LogP contribution in [0.15, 0.2) is 29.4 Å². The summed E-state index contributed by atoms with van der Waals surface area (Å²) in [4.78, 5) is 8.70. The summed E-state index contributed by atoms with van der Waals surface area (Å²) in [5.41, 5.74) is 3.71. The summed E-state index contributed by atoms with van der Waals surface area (Å²) in [5, 5.41) is 7.48. The highest BCUT2D eigenvalue weighted by atomic mass is 127. The van der Waals surface area contributed by atoms with Gasteiger partial charge in [-0.15, -0.1) is 24.0 Å². The number of halogens is 4. The van der Waals surface area contributed by atoms with Crippen molar-refractivity contribution in [3.05, 3.63) is 35.5 Å². The minimum absolute atomic E-state index is 0. The van der Waals surface area contributed by atoms with Crippen LogP contribution in [0.5, 0.6) is 0 Å². The van der Waals surface area contributed by atoms with Crippen molar-refractivity contribution in [2.24, 2.45) is 4.99 Å². The number of aromatic amines is 1. The van der Waals surface area contributed by atoms with Gasteiger partial charge < -0.3 is 15.6 Å². The molecule has 0 saturated carbocycles. The molecule has 1 aromatic carbocycles. The van der Waals surface area contributed by atoms with Gasteiger partial charge in [-0.2, -0.15) is 13.2 Å². The van der Waals surface area contributed by atoms with E-state index in [-0.39, 0.29) is 30.5 Å².